The summed E-state index contributed by atoms with van der Waals surface area (Å²) in [6.45, 7) is 12.3. The first-order valence-corrected chi connectivity index (χ1v) is 7.41. The summed E-state index contributed by atoms with van der Waals surface area (Å²) in [6, 6.07) is 3.79. The van der Waals surface area contributed by atoms with Crippen molar-refractivity contribution in [2.45, 2.75) is 27.2 Å². The van der Waals surface area contributed by atoms with Gasteiger partial charge in [0.05, 0.1) is 5.02 Å². The van der Waals surface area contributed by atoms with Crippen LogP contribution in [-0.2, 0) is 0 Å². The summed E-state index contributed by atoms with van der Waals surface area (Å²) in [5.74, 6) is 0.930. The predicted molar refractivity (Wildman–Crippen MR) is 82.0 cm³/mol. The van der Waals surface area contributed by atoms with E-state index in [1.165, 1.54) is 13.0 Å². The van der Waals surface area contributed by atoms with Crippen LogP contribution in [0.2, 0.25) is 5.02 Å². The van der Waals surface area contributed by atoms with Gasteiger partial charge < -0.3 is 4.90 Å². The first-order chi connectivity index (χ1) is 8.96. The van der Waals surface area contributed by atoms with Crippen LogP contribution in [0.3, 0.4) is 0 Å². The molecule has 0 amide bonds. The van der Waals surface area contributed by atoms with E-state index < -0.39 is 0 Å². The maximum Gasteiger partial charge on any atom is 0.147 e. The summed E-state index contributed by atoms with van der Waals surface area (Å²) in [5.41, 5.74) is 0.418. The van der Waals surface area contributed by atoms with Gasteiger partial charge in [-0.2, -0.15) is 0 Å². The highest BCUT2D eigenvalue weighted by Gasteiger charge is 2.20. The van der Waals surface area contributed by atoms with E-state index in [0.29, 0.717) is 5.41 Å². The lowest BCUT2D eigenvalue weighted by Gasteiger charge is -2.36. The van der Waals surface area contributed by atoms with Crippen molar-refractivity contribution in [1.29, 1.82) is 0 Å². The van der Waals surface area contributed by atoms with Gasteiger partial charge in [0.2, 0.25) is 0 Å². The Morgan fingerprint density at radius 2 is 1.89 bits per heavy atom. The SMILES string of the molecule is CC(C)(C)CCN1CCN(c2ncccc2Cl)CC1. The number of rotatable bonds is 3. The van der Waals surface area contributed by atoms with Gasteiger partial charge in [-0.15, -0.1) is 0 Å². The maximum atomic E-state index is 6.20. The molecule has 3 nitrogen and oxygen atoms in total. The van der Waals surface area contributed by atoms with Crippen molar-refractivity contribution < 1.29 is 0 Å². The molecule has 0 saturated carbocycles. The number of pyridine rings is 1. The molecule has 0 atom stereocenters. The summed E-state index contributed by atoms with van der Waals surface area (Å²) in [7, 11) is 0. The average molecular weight is 282 g/mol. The van der Waals surface area contributed by atoms with Gasteiger partial charge in [-0.25, -0.2) is 4.98 Å². The number of hydrogen-bond acceptors (Lipinski definition) is 3. The van der Waals surface area contributed by atoms with E-state index in [1.54, 1.807) is 0 Å². The van der Waals surface area contributed by atoms with Gasteiger partial charge in [0, 0.05) is 32.4 Å². The average Bonchev–Trinajstić information content (AvgIpc) is 2.37. The highest BCUT2D eigenvalue weighted by atomic mass is 35.5. The van der Waals surface area contributed by atoms with Gasteiger partial charge in [0.15, 0.2) is 0 Å². The second kappa shape index (κ2) is 6.10. The van der Waals surface area contributed by atoms with Crippen LogP contribution in [0.5, 0.6) is 0 Å². The van der Waals surface area contributed by atoms with E-state index in [2.05, 4.69) is 35.6 Å². The smallest absolute Gasteiger partial charge is 0.147 e. The van der Waals surface area contributed by atoms with E-state index >= 15 is 0 Å². The minimum atomic E-state index is 0.418. The third-order valence-electron chi connectivity index (χ3n) is 3.59. The van der Waals surface area contributed by atoms with Gasteiger partial charge in [-0.05, 0) is 30.5 Å². The topological polar surface area (TPSA) is 19.4 Å². The van der Waals surface area contributed by atoms with Crippen molar-refractivity contribution in [2.24, 2.45) is 5.41 Å². The van der Waals surface area contributed by atoms with Crippen LogP contribution < -0.4 is 4.90 Å². The zero-order chi connectivity index (χ0) is 13.9. The molecule has 1 saturated heterocycles. The molecule has 0 aromatic carbocycles. The molecule has 19 heavy (non-hydrogen) atoms. The summed E-state index contributed by atoms with van der Waals surface area (Å²) < 4.78 is 0. The Morgan fingerprint density at radius 1 is 1.21 bits per heavy atom. The molecule has 1 aliphatic rings. The summed E-state index contributed by atoms with van der Waals surface area (Å²) in [4.78, 5) is 9.22. The highest BCUT2D eigenvalue weighted by Crippen LogP contribution is 2.24. The van der Waals surface area contributed by atoms with Crippen molar-refractivity contribution in [3.63, 3.8) is 0 Å². The van der Waals surface area contributed by atoms with E-state index in [0.717, 1.165) is 37.0 Å². The van der Waals surface area contributed by atoms with E-state index in [-0.39, 0.29) is 0 Å². The van der Waals surface area contributed by atoms with Gasteiger partial charge in [0.1, 0.15) is 5.82 Å². The van der Waals surface area contributed by atoms with Gasteiger partial charge in [-0.1, -0.05) is 32.4 Å². The number of nitrogens with zero attached hydrogens (tertiary/aromatic N) is 3. The van der Waals surface area contributed by atoms with Crippen molar-refractivity contribution in [3.05, 3.63) is 23.4 Å². The second-order valence-corrected chi connectivity index (χ2v) is 6.86. The zero-order valence-corrected chi connectivity index (χ0v) is 13.0. The first-order valence-electron chi connectivity index (χ1n) is 7.03. The molecule has 1 aromatic heterocycles. The van der Waals surface area contributed by atoms with Crippen molar-refractivity contribution >= 4 is 17.4 Å². The van der Waals surface area contributed by atoms with Crippen molar-refractivity contribution in [2.75, 3.05) is 37.6 Å². The number of halogens is 1. The molecule has 0 unspecified atom stereocenters. The summed E-state index contributed by atoms with van der Waals surface area (Å²) in [6.07, 6.45) is 3.06. The minimum Gasteiger partial charge on any atom is -0.353 e. The molecular weight excluding hydrogens is 258 g/mol. The minimum absolute atomic E-state index is 0.418. The molecule has 0 radical (unpaired) electrons. The Balaban J connectivity index is 1.84. The molecule has 106 valence electrons. The second-order valence-electron chi connectivity index (χ2n) is 6.45. The van der Waals surface area contributed by atoms with Gasteiger partial charge in [-0.3, -0.25) is 4.90 Å². The molecule has 2 heterocycles. The Kier molecular flexibility index (Phi) is 4.69. The molecule has 1 aliphatic heterocycles. The number of anilines is 1. The van der Waals surface area contributed by atoms with Crippen LogP contribution in [0, 0.1) is 5.41 Å². The lowest BCUT2D eigenvalue weighted by atomic mass is 9.92. The van der Waals surface area contributed by atoms with E-state index in [4.69, 9.17) is 11.6 Å². The Morgan fingerprint density at radius 3 is 2.47 bits per heavy atom. The fraction of sp³-hybridized carbons (Fsp3) is 0.667. The van der Waals surface area contributed by atoms with Crippen molar-refractivity contribution in [3.8, 4) is 0 Å². The summed E-state index contributed by atoms with van der Waals surface area (Å²) >= 11 is 6.20. The predicted octanol–water partition coefficient (Wildman–Crippen LogP) is 3.29. The molecule has 0 bridgehead atoms. The third-order valence-corrected chi connectivity index (χ3v) is 3.88. The van der Waals surface area contributed by atoms with Crippen LogP contribution >= 0.6 is 11.6 Å². The Hall–Kier alpha value is -0.800. The number of piperazine rings is 1. The fourth-order valence-corrected chi connectivity index (χ4v) is 2.53. The van der Waals surface area contributed by atoms with Crippen LogP contribution in [0.1, 0.15) is 27.2 Å². The molecule has 0 aliphatic carbocycles. The largest absolute Gasteiger partial charge is 0.353 e. The van der Waals surface area contributed by atoms with E-state index in [9.17, 15) is 0 Å². The Labute approximate surface area is 121 Å². The Bertz CT molecular complexity index is 406. The lowest BCUT2D eigenvalue weighted by molar-refractivity contribution is 0.217. The molecule has 4 heteroatoms. The normalized spacial score (nSPS) is 17.8. The van der Waals surface area contributed by atoms with Crippen molar-refractivity contribution in [1.82, 2.24) is 9.88 Å². The van der Waals surface area contributed by atoms with Crippen LogP contribution in [0.15, 0.2) is 18.3 Å². The number of hydrogen-bond donors (Lipinski definition) is 0. The maximum absolute atomic E-state index is 6.20. The third kappa shape index (κ3) is 4.36. The van der Waals surface area contributed by atoms with E-state index in [1.807, 2.05) is 18.3 Å². The molecular formula is C15H24ClN3. The molecule has 0 N–H and O–H groups in total. The molecule has 1 fully saturated rings. The standard InChI is InChI=1S/C15H24ClN3/c1-15(2,3)6-8-18-9-11-19(12-10-18)14-13(16)5-4-7-17-14/h4-5,7H,6,8-12H2,1-3H3. The van der Waals surface area contributed by atoms with Gasteiger partial charge >= 0.3 is 0 Å². The monoisotopic (exact) mass is 281 g/mol. The molecule has 0 spiro atoms. The quantitative estimate of drug-likeness (QED) is 0.847. The van der Waals surface area contributed by atoms with Crippen LogP contribution in [-0.4, -0.2) is 42.6 Å². The number of aromatic nitrogens is 1. The van der Waals surface area contributed by atoms with Crippen LogP contribution in [0.25, 0.3) is 0 Å². The van der Waals surface area contributed by atoms with Gasteiger partial charge in [0.25, 0.3) is 0 Å². The lowest BCUT2D eigenvalue weighted by Crippen LogP contribution is -2.47. The fourth-order valence-electron chi connectivity index (χ4n) is 2.29. The molecule has 2 rings (SSSR count). The zero-order valence-electron chi connectivity index (χ0n) is 12.2. The molecule has 1 aromatic rings. The highest BCUT2D eigenvalue weighted by molar-refractivity contribution is 6.32. The summed E-state index contributed by atoms with van der Waals surface area (Å²) in [5, 5.41) is 0.755. The first kappa shape index (κ1) is 14.6. The van der Waals surface area contributed by atoms with Crippen LogP contribution in [0.4, 0.5) is 5.82 Å².